The highest BCUT2D eigenvalue weighted by atomic mass is 16.5. The molecule has 2 aromatic heterocycles. The molecular weight excluding hydrogens is 392 g/mol. The van der Waals surface area contributed by atoms with Crippen LogP contribution in [0.5, 0.6) is 5.75 Å². The summed E-state index contributed by atoms with van der Waals surface area (Å²) in [4.78, 5) is 27.6. The van der Waals surface area contributed by atoms with Crippen LogP contribution >= 0.6 is 0 Å². The van der Waals surface area contributed by atoms with Gasteiger partial charge in [-0.25, -0.2) is 15.0 Å². The van der Waals surface area contributed by atoms with Gasteiger partial charge in [0, 0.05) is 18.3 Å². The van der Waals surface area contributed by atoms with Gasteiger partial charge >= 0.3 is 0 Å². The average Bonchev–Trinajstić information content (AvgIpc) is 2.81. The summed E-state index contributed by atoms with van der Waals surface area (Å²) >= 11 is 0. The van der Waals surface area contributed by atoms with Crippen molar-refractivity contribution in [2.24, 2.45) is 0 Å². The van der Waals surface area contributed by atoms with Gasteiger partial charge in [-0.05, 0) is 62.3 Å². The van der Waals surface area contributed by atoms with Crippen molar-refractivity contribution in [3.05, 3.63) is 60.6 Å². The molecule has 31 heavy (non-hydrogen) atoms. The molecule has 1 fully saturated rings. The zero-order valence-electron chi connectivity index (χ0n) is 17.3. The molecule has 3 N–H and O–H groups in total. The van der Waals surface area contributed by atoms with Gasteiger partial charge in [0.1, 0.15) is 18.2 Å². The van der Waals surface area contributed by atoms with E-state index in [1.54, 1.807) is 30.6 Å². The highest BCUT2D eigenvalue weighted by Crippen LogP contribution is 2.22. The third-order valence-electron chi connectivity index (χ3n) is 5.20. The topological polar surface area (TPSA) is 106 Å². The Bertz CT molecular complexity index is 1000. The molecule has 0 unspecified atom stereocenters. The van der Waals surface area contributed by atoms with E-state index in [1.807, 2.05) is 24.3 Å². The molecule has 8 nitrogen and oxygen atoms in total. The first kappa shape index (κ1) is 20.7. The van der Waals surface area contributed by atoms with Crippen LogP contribution in [0.15, 0.2) is 54.9 Å². The number of hydrogen-bond acceptors (Lipinski definition) is 7. The Labute approximate surface area is 181 Å². The Morgan fingerprint density at radius 3 is 2.61 bits per heavy atom. The number of amides is 1. The minimum absolute atomic E-state index is 0.0602. The van der Waals surface area contributed by atoms with Crippen LogP contribution in [-0.2, 0) is 0 Å². The number of carbonyl (C=O) groups excluding carboxylic acids is 1. The summed E-state index contributed by atoms with van der Waals surface area (Å²) in [5.74, 6) is 0.834. The number of nitrogens with one attached hydrogen (secondary N) is 1. The van der Waals surface area contributed by atoms with Crippen LogP contribution in [-0.4, -0.2) is 52.0 Å². The van der Waals surface area contributed by atoms with Gasteiger partial charge in [-0.1, -0.05) is 12.5 Å². The Morgan fingerprint density at radius 2 is 1.87 bits per heavy atom. The van der Waals surface area contributed by atoms with E-state index in [9.17, 15) is 4.79 Å². The van der Waals surface area contributed by atoms with Gasteiger partial charge in [-0.15, -0.1) is 0 Å². The lowest BCUT2D eigenvalue weighted by Gasteiger charge is -2.26. The number of nitrogens with zero attached hydrogens (tertiary/aromatic N) is 4. The molecule has 8 heteroatoms. The minimum Gasteiger partial charge on any atom is -0.492 e. The maximum atomic E-state index is 12.6. The summed E-state index contributed by atoms with van der Waals surface area (Å²) in [6.07, 6.45) is 7.04. The van der Waals surface area contributed by atoms with Gasteiger partial charge in [-0.2, -0.15) is 0 Å². The van der Waals surface area contributed by atoms with E-state index >= 15 is 0 Å². The standard InChI is InChI=1S/C23H26N6O2/c24-22-21(23(30)28-20-6-2-3-11-25-20)27-19(16-26-22)17-7-9-18(10-8-17)31-15-14-29-12-4-1-5-13-29/h2-3,6-11,16H,1,4-5,12-15H2,(H2,24,26)(H,25,28,30). The monoisotopic (exact) mass is 418 g/mol. The SMILES string of the molecule is Nc1ncc(-c2ccc(OCCN3CCCCC3)cc2)nc1C(=O)Nc1ccccn1. The predicted molar refractivity (Wildman–Crippen MR) is 120 cm³/mol. The number of likely N-dealkylation sites (tertiary alicyclic amines) is 1. The summed E-state index contributed by atoms with van der Waals surface area (Å²) < 4.78 is 5.88. The van der Waals surface area contributed by atoms with Crippen molar-refractivity contribution >= 4 is 17.5 Å². The zero-order chi connectivity index (χ0) is 21.5. The molecular formula is C23H26N6O2. The van der Waals surface area contributed by atoms with Crippen LogP contribution in [0.4, 0.5) is 11.6 Å². The molecule has 1 aromatic carbocycles. The molecule has 3 aromatic rings. The number of benzene rings is 1. The molecule has 1 saturated heterocycles. The second kappa shape index (κ2) is 9.99. The van der Waals surface area contributed by atoms with Gasteiger partial charge in [-0.3, -0.25) is 9.69 Å². The molecule has 0 radical (unpaired) electrons. The van der Waals surface area contributed by atoms with Crippen LogP contribution in [0.2, 0.25) is 0 Å². The van der Waals surface area contributed by atoms with Gasteiger partial charge in [0.2, 0.25) is 0 Å². The fourth-order valence-corrected chi connectivity index (χ4v) is 3.51. The molecule has 1 amide bonds. The molecule has 160 valence electrons. The number of rotatable bonds is 7. The van der Waals surface area contributed by atoms with Crippen LogP contribution in [0, 0.1) is 0 Å². The smallest absolute Gasteiger partial charge is 0.279 e. The highest BCUT2D eigenvalue weighted by molar-refractivity contribution is 6.05. The molecule has 3 heterocycles. The number of pyridine rings is 1. The van der Waals surface area contributed by atoms with E-state index in [-0.39, 0.29) is 11.5 Å². The number of carbonyl (C=O) groups is 1. The summed E-state index contributed by atoms with van der Waals surface area (Å²) in [6, 6.07) is 12.8. The third kappa shape index (κ3) is 5.55. The van der Waals surface area contributed by atoms with Crippen molar-refractivity contribution in [2.75, 3.05) is 37.3 Å². The number of hydrogen-bond donors (Lipinski definition) is 2. The number of nitrogens with two attached hydrogens (primary N) is 1. The lowest BCUT2D eigenvalue weighted by atomic mass is 10.1. The maximum absolute atomic E-state index is 12.6. The summed E-state index contributed by atoms with van der Waals surface area (Å²) in [5, 5.41) is 2.68. The number of anilines is 2. The Balaban J connectivity index is 1.39. The van der Waals surface area contributed by atoms with Crippen molar-refractivity contribution < 1.29 is 9.53 Å². The Kier molecular flexibility index (Phi) is 6.68. The average molecular weight is 419 g/mol. The highest BCUT2D eigenvalue weighted by Gasteiger charge is 2.15. The molecule has 0 bridgehead atoms. The second-order valence-corrected chi connectivity index (χ2v) is 7.43. The van der Waals surface area contributed by atoms with Gasteiger partial charge in [0.15, 0.2) is 11.5 Å². The number of nitrogen functional groups attached to an aromatic ring is 1. The quantitative estimate of drug-likeness (QED) is 0.607. The van der Waals surface area contributed by atoms with E-state index in [4.69, 9.17) is 10.5 Å². The molecule has 0 saturated carbocycles. The zero-order valence-corrected chi connectivity index (χ0v) is 17.3. The minimum atomic E-state index is -0.455. The Hall–Kier alpha value is -3.52. The molecule has 1 aliphatic rings. The lowest BCUT2D eigenvalue weighted by molar-refractivity contribution is 0.102. The van der Waals surface area contributed by atoms with Crippen molar-refractivity contribution in [3.8, 4) is 17.0 Å². The van der Waals surface area contributed by atoms with Gasteiger partial charge in [0.25, 0.3) is 5.91 Å². The third-order valence-corrected chi connectivity index (χ3v) is 5.20. The lowest BCUT2D eigenvalue weighted by Crippen LogP contribution is -2.33. The second-order valence-electron chi connectivity index (χ2n) is 7.43. The fraction of sp³-hybridized carbons (Fsp3) is 0.304. The molecule has 1 aliphatic heterocycles. The van der Waals surface area contributed by atoms with Crippen LogP contribution in [0.3, 0.4) is 0 Å². The first-order valence-electron chi connectivity index (χ1n) is 10.5. The van der Waals surface area contributed by atoms with Gasteiger partial charge in [0.05, 0.1) is 11.9 Å². The predicted octanol–water partition coefficient (Wildman–Crippen LogP) is 3.24. The van der Waals surface area contributed by atoms with Crippen molar-refractivity contribution in [1.29, 1.82) is 0 Å². The normalized spacial score (nSPS) is 14.2. The summed E-state index contributed by atoms with van der Waals surface area (Å²) in [5.41, 5.74) is 7.32. The van der Waals surface area contributed by atoms with E-state index in [0.29, 0.717) is 18.1 Å². The van der Waals surface area contributed by atoms with E-state index in [1.165, 1.54) is 19.3 Å². The van der Waals surface area contributed by atoms with Gasteiger partial charge < -0.3 is 15.8 Å². The molecule has 4 rings (SSSR count). The van der Waals surface area contributed by atoms with Crippen molar-refractivity contribution in [3.63, 3.8) is 0 Å². The van der Waals surface area contributed by atoms with E-state index in [2.05, 4.69) is 25.2 Å². The number of piperidine rings is 1. The summed E-state index contributed by atoms with van der Waals surface area (Å²) in [6.45, 7) is 3.93. The fourth-order valence-electron chi connectivity index (χ4n) is 3.51. The molecule has 0 aliphatic carbocycles. The molecule has 0 spiro atoms. The summed E-state index contributed by atoms with van der Waals surface area (Å²) in [7, 11) is 0. The largest absolute Gasteiger partial charge is 0.492 e. The van der Waals surface area contributed by atoms with Crippen molar-refractivity contribution in [1.82, 2.24) is 19.9 Å². The van der Waals surface area contributed by atoms with Crippen LogP contribution < -0.4 is 15.8 Å². The number of aromatic nitrogens is 3. The first-order valence-corrected chi connectivity index (χ1v) is 10.5. The van der Waals surface area contributed by atoms with Crippen LogP contribution in [0.25, 0.3) is 11.3 Å². The number of ether oxygens (including phenoxy) is 1. The van der Waals surface area contributed by atoms with Crippen LogP contribution in [0.1, 0.15) is 29.8 Å². The van der Waals surface area contributed by atoms with E-state index in [0.717, 1.165) is 30.9 Å². The van der Waals surface area contributed by atoms with Crippen molar-refractivity contribution in [2.45, 2.75) is 19.3 Å². The first-order chi connectivity index (χ1) is 15.2. The van der Waals surface area contributed by atoms with E-state index < -0.39 is 5.91 Å². The molecule has 0 atom stereocenters. The maximum Gasteiger partial charge on any atom is 0.279 e. The Morgan fingerprint density at radius 1 is 1.06 bits per heavy atom.